The van der Waals surface area contributed by atoms with Crippen molar-refractivity contribution in [3.63, 3.8) is 0 Å². The Morgan fingerprint density at radius 2 is 1.85 bits per heavy atom. The average Bonchev–Trinajstić information content (AvgIpc) is 2.48. The van der Waals surface area contributed by atoms with Crippen LogP contribution in [0.15, 0.2) is 53.5 Å². The number of nitrogens with one attached hydrogen (secondary N) is 2. The first kappa shape index (κ1) is 14.8. The first-order valence-corrected chi connectivity index (χ1v) is 7.02. The molecular formula is C14H15IN4O. The molecule has 0 saturated heterocycles. The van der Waals surface area contributed by atoms with Crippen molar-refractivity contribution < 1.29 is 4.74 Å². The normalized spacial score (nSPS) is 11.2. The highest BCUT2D eigenvalue weighted by molar-refractivity contribution is 14.1. The van der Waals surface area contributed by atoms with Crippen LogP contribution in [0, 0.1) is 3.57 Å². The van der Waals surface area contributed by atoms with E-state index in [1.165, 1.54) is 0 Å². The molecule has 0 heterocycles. The van der Waals surface area contributed by atoms with Crippen molar-refractivity contribution in [3.8, 4) is 5.75 Å². The smallest absolute Gasteiger partial charge is 0.150 e. The van der Waals surface area contributed by atoms with E-state index in [2.05, 4.69) is 38.5 Å². The number of hydrazine groups is 2. The lowest BCUT2D eigenvalue weighted by Crippen LogP contribution is -2.42. The number of hydrogen-bond donors (Lipinski definition) is 3. The van der Waals surface area contributed by atoms with E-state index >= 15 is 0 Å². The van der Waals surface area contributed by atoms with Gasteiger partial charge in [0.2, 0.25) is 0 Å². The molecule has 0 aliphatic carbocycles. The first-order chi connectivity index (χ1) is 9.76. The second-order valence-corrected chi connectivity index (χ2v) is 5.04. The summed E-state index contributed by atoms with van der Waals surface area (Å²) >= 11 is 2.26. The largest absolute Gasteiger partial charge is 0.494 e. The van der Waals surface area contributed by atoms with Crippen molar-refractivity contribution in [1.29, 1.82) is 0 Å². The highest BCUT2D eigenvalue weighted by Crippen LogP contribution is 2.27. The third-order valence-electron chi connectivity index (χ3n) is 2.64. The van der Waals surface area contributed by atoms with E-state index in [1.807, 2.05) is 48.5 Å². The van der Waals surface area contributed by atoms with Gasteiger partial charge >= 0.3 is 0 Å². The summed E-state index contributed by atoms with van der Waals surface area (Å²) in [5.41, 5.74) is 6.97. The Balaban J connectivity index is 2.48. The number of nitrogens with two attached hydrogens (primary N) is 1. The van der Waals surface area contributed by atoms with Crippen LogP contribution in [-0.4, -0.2) is 12.9 Å². The second-order valence-electron chi connectivity index (χ2n) is 3.88. The molecule has 20 heavy (non-hydrogen) atoms. The number of amidine groups is 1. The van der Waals surface area contributed by atoms with Crippen molar-refractivity contribution in [1.82, 2.24) is 11.0 Å². The molecule has 5 nitrogen and oxygen atoms in total. The zero-order valence-corrected chi connectivity index (χ0v) is 13.1. The fourth-order valence-electron chi connectivity index (χ4n) is 1.72. The Kier molecular flexibility index (Phi) is 5.33. The fraction of sp³-hybridized carbons (Fsp3) is 0.0714. The van der Waals surface area contributed by atoms with Gasteiger partial charge in [0.1, 0.15) is 17.3 Å². The van der Waals surface area contributed by atoms with E-state index in [0.717, 1.165) is 14.8 Å². The number of halogens is 1. The Labute approximate surface area is 131 Å². The summed E-state index contributed by atoms with van der Waals surface area (Å²) in [6, 6.07) is 15.5. The van der Waals surface area contributed by atoms with E-state index in [-0.39, 0.29) is 0 Å². The quantitative estimate of drug-likeness (QED) is 0.250. The molecule has 0 aromatic heterocycles. The Morgan fingerprint density at radius 1 is 1.15 bits per heavy atom. The lowest BCUT2D eigenvalue weighted by atomic mass is 10.2. The van der Waals surface area contributed by atoms with E-state index in [1.54, 1.807) is 7.11 Å². The van der Waals surface area contributed by atoms with Crippen LogP contribution in [-0.2, 0) is 0 Å². The molecule has 0 saturated carbocycles. The fourth-order valence-corrected chi connectivity index (χ4v) is 2.36. The molecular weight excluding hydrogens is 367 g/mol. The molecule has 104 valence electrons. The van der Waals surface area contributed by atoms with Gasteiger partial charge in [-0.05, 0) is 40.8 Å². The van der Waals surface area contributed by atoms with Crippen LogP contribution in [0.5, 0.6) is 5.75 Å². The molecule has 6 heteroatoms. The third-order valence-corrected chi connectivity index (χ3v) is 3.58. The number of nitrogens with zero attached hydrogens (tertiary/aromatic N) is 1. The van der Waals surface area contributed by atoms with Crippen LogP contribution in [0.25, 0.3) is 0 Å². The highest BCUT2D eigenvalue weighted by Gasteiger charge is 2.08. The van der Waals surface area contributed by atoms with E-state index in [0.29, 0.717) is 11.6 Å². The van der Waals surface area contributed by atoms with Gasteiger partial charge in [0.05, 0.1) is 7.11 Å². The van der Waals surface area contributed by atoms with Crippen molar-refractivity contribution in [3.05, 3.63) is 57.7 Å². The Morgan fingerprint density at radius 3 is 2.55 bits per heavy atom. The standard InChI is InChI=1S/C14H15IN4O/c1-20-13-9-5-4-8-12(13)17-14(18-19-16)10-6-2-3-7-11(10)15/h2-9,19H,16H2,1H3,(H,17,18). The molecule has 0 spiro atoms. The van der Waals surface area contributed by atoms with Crippen LogP contribution >= 0.6 is 22.6 Å². The lowest BCUT2D eigenvalue weighted by molar-refractivity contribution is 0.416. The van der Waals surface area contributed by atoms with Crippen molar-refractivity contribution in [2.75, 3.05) is 7.11 Å². The summed E-state index contributed by atoms with van der Waals surface area (Å²) in [6.45, 7) is 0. The summed E-state index contributed by atoms with van der Waals surface area (Å²) in [7, 11) is 1.62. The predicted molar refractivity (Wildman–Crippen MR) is 88.8 cm³/mol. The number of aliphatic imine (C=N–C) groups is 1. The molecule has 0 amide bonds. The van der Waals surface area contributed by atoms with E-state index < -0.39 is 0 Å². The number of ether oxygens (including phenoxy) is 1. The zero-order chi connectivity index (χ0) is 14.4. The maximum atomic E-state index is 5.37. The molecule has 0 unspecified atom stereocenters. The van der Waals surface area contributed by atoms with Gasteiger partial charge in [-0.15, -0.1) is 0 Å². The predicted octanol–water partition coefficient (Wildman–Crippen LogP) is 2.35. The van der Waals surface area contributed by atoms with Crippen molar-refractivity contribution in [2.45, 2.75) is 0 Å². The first-order valence-electron chi connectivity index (χ1n) is 5.94. The second kappa shape index (κ2) is 7.22. The molecule has 0 fully saturated rings. The van der Waals surface area contributed by atoms with Crippen LogP contribution < -0.4 is 21.5 Å². The number of methoxy groups -OCH3 is 1. The topological polar surface area (TPSA) is 71.7 Å². The van der Waals surface area contributed by atoms with Crippen molar-refractivity contribution in [2.24, 2.45) is 10.8 Å². The van der Waals surface area contributed by atoms with Gasteiger partial charge in [-0.1, -0.05) is 30.3 Å². The molecule has 2 rings (SSSR count). The summed E-state index contributed by atoms with van der Waals surface area (Å²) < 4.78 is 6.37. The maximum absolute atomic E-state index is 5.37. The monoisotopic (exact) mass is 382 g/mol. The minimum atomic E-state index is 0.627. The van der Waals surface area contributed by atoms with E-state index in [4.69, 9.17) is 10.6 Å². The molecule has 2 aromatic carbocycles. The minimum absolute atomic E-state index is 0.627. The summed E-state index contributed by atoms with van der Waals surface area (Å²) in [5, 5.41) is 0. The Bertz CT molecular complexity index is 616. The molecule has 0 aliphatic rings. The van der Waals surface area contributed by atoms with Crippen LogP contribution in [0.1, 0.15) is 5.56 Å². The molecule has 0 bridgehead atoms. The Hall–Kier alpha value is -1.64. The van der Waals surface area contributed by atoms with Crippen molar-refractivity contribution >= 4 is 34.1 Å². The van der Waals surface area contributed by atoms with Crippen LogP contribution in [0.3, 0.4) is 0 Å². The van der Waals surface area contributed by atoms with Gasteiger partial charge in [0.25, 0.3) is 0 Å². The summed E-state index contributed by atoms with van der Waals surface area (Å²) in [6.07, 6.45) is 0. The number of hydrogen-bond acceptors (Lipinski definition) is 4. The van der Waals surface area contributed by atoms with Gasteiger partial charge in [0.15, 0.2) is 0 Å². The van der Waals surface area contributed by atoms with Gasteiger partial charge in [0, 0.05) is 9.13 Å². The van der Waals surface area contributed by atoms with Gasteiger partial charge in [-0.2, -0.15) is 5.53 Å². The molecule has 0 atom stereocenters. The molecule has 2 aromatic rings. The molecule has 0 radical (unpaired) electrons. The van der Waals surface area contributed by atoms with Gasteiger partial charge in [-0.25, -0.2) is 4.99 Å². The van der Waals surface area contributed by atoms with Gasteiger partial charge in [-0.3, -0.25) is 11.3 Å². The number of para-hydroxylation sites is 2. The number of rotatable bonds is 4. The highest BCUT2D eigenvalue weighted by atomic mass is 127. The molecule has 0 aliphatic heterocycles. The maximum Gasteiger partial charge on any atom is 0.150 e. The average molecular weight is 382 g/mol. The third kappa shape index (κ3) is 3.47. The summed E-state index contributed by atoms with van der Waals surface area (Å²) in [4.78, 5) is 4.58. The summed E-state index contributed by atoms with van der Waals surface area (Å²) in [5.74, 6) is 6.70. The SMILES string of the molecule is COc1ccccc1N=C(NNN)c1ccccc1I. The van der Waals surface area contributed by atoms with Crippen LogP contribution in [0.4, 0.5) is 5.69 Å². The van der Waals surface area contributed by atoms with Crippen LogP contribution in [0.2, 0.25) is 0 Å². The van der Waals surface area contributed by atoms with E-state index in [9.17, 15) is 0 Å². The van der Waals surface area contributed by atoms with Gasteiger partial charge < -0.3 is 4.74 Å². The minimum Gasteiger partial charge on any atom is -0.494 e. The molecule has 4 N–H and O–H groups in total. The lowest BCUT2D eigenvalue weighted by Gasteiger charge is -2.11. The zero-order valence-electron chi connectivity index (χ0n) is 10.9. The number of benzene rings is 2.